The van der Waals surface area contributed by atoms with E-state index in [1.807, 2.05) is 16.9 Å². The van der Waals surface area contributed by atoms with Gasteiger partial charge in [-0.2, -0.15) is 5.10 Å². The molecule has 1 amide bonds. The van der Waals surface area contributed by atoms with E-state index in [4.69, 9.17) is 11.6 Å². The highest BCUT2D eigenvalue weighted by atomic mass is 35.5. The van der Waals surface area contributed by atoms with Crippen LogP contribution >= 0.6 is 11.6 Å². The van der Waals surface area contributed by atoms with E-state index in [0.717, 1.165) is 12.8 Å². The highest BCUT2D eigenvalue weighted by Gasteiger charge is 2.27. The molecule has 16 heavy (non-hydrogen) atoms. The summed E-state index contributed by atoms with van der Waals surface area (Å²) in [5, 5.41) is 4.16. The van der Waals surface area contributed by atoms with Crippen LogP contribution in [0.25, 0.3) is 0 Å². The predicted molar refractivity (Wildman–Crippen MR) is 57.8 cm³/mol. The number of carbonyl (C=O) groups excluding carboxylic acids is 1. The average Bonchev–Trinajstić information content (AvgIpc) is 2.81. The summed E-state index contributed by atoms with van der Waals surface area (Å²) in [5.74, 6) is -0.624. The Hall–Kier alpha value is -1.10. The Bertz CT molecular complexity index is 347. The number of nitrogens with zero attached hydrogens (tertiary/aromatic N) is 3. The van der Waals surface area contributed by atoms with Crippen molar-refractivity contribution in [3.05, 3.63) is 18.5 Å². The van der Waals surface area contributed by atoms with Crippen molar-refractivity contribution in [2.75, 3.05) is 13.1 Å². The fourth-order valence-electron chi connectivity index (χ4n) is 1.99. The zero-order valence-corrected chi connectivity index (χ0v) is 9.48. The Morgan fingerprint density at radius 2 is 2.19 bits per heavy atom. The lowest BCUT2D eigenvalue weighted by Crippen LogP contribution is -2.41. The van der Waals surface area contributed by atoms with E-state index in [0.29, 0.717) is 19.1 Å². The molecule has 0 saturated carbocycles. The van der Waals surface area contributed by atoms with Crippen LogP contribution in [0, 0.1) is 0 Å². The summed E-state index contributed by atoms with van der Waals surface area (Å²) in [6.07, 6.45) is 5.21. The van der Waals surface area contributed by atoms with Gasteiger partial charge in [-0.25, -0.2) is 4.39 Å². The van der Waals surface area contributed by atoms with Gasteiger partial charge in [0, 0.05) is 25.5 Å². The lowest BCUT2D eigenvalue weighted by Gasteiger charge is -2.32. The molecule has 1 aromatic rings. The first-order chi connectivity index (χ1) is 7.68. The molecule has 2 heterocycles. The van der Waals surface area contributed by atoms with Crippen molar-refractivity contribution in [2.24, 2.45) is 0 Å². The molecule has 1 saturated heterocycles. The molecular formula is C10H13ClFN3O. The molecule has 0 aliphatic carbocycles. The number of piperidine rings is 1. The second-order valence-corrected chi connectivity index (χ2v) is 4.23. The third-order valence-electron chi connectivity index (χ3n) is 2.86. The molecule has 4 nitrogen and oxygen atoms in total. The molecule has 1 atom stereocenters. The zero-order chi connectivity index (χ0) is 11.5. The van der Waals surface area contributed by atoms with Crippen molar-refractivity contribution in [2.45, 2.75) is 24.5 Å². The van der Waals surface area contributed by atoms with Gasteiger partial charge in [-0.3, -0.25) is 9.48 Å². The summed E-state index contributed by atoms with van der Waals surface area (Å²) < 4.78 is 14.5. The summed E-state index contributed by atoms with van der Waals surface area (Å²) in [5.41, 5.74) is -1.92. The molecule has 1 aromatic heterocycles. The fraction of sp³-hybridized carbons (Fsp3) is 0.600. The Kier molecular flexibility index (Phi) is 3.43. The van der Waals surface area contributed by atoms with Crippen LogP contribution in [0.1, 0.15) is 18.9 Å². The first kappa shape index (κ1) is 11.4. The van der Waals surface area contributed by atoms with Gasteiger partial charge in [-0.15, -0.1) is 0 Å². The molecule has 1 fully saturated rings. The Morgan fingerprint density at radius 1 is 1.50 bits per heavy atom. The lowest BCUT2D eigenvalue weighted by molar-refractivity contribution is -0.135. The maximum atomic E-state index is 12.6. The molecule has 1 unspecified atom stereocenters. The summed E-state index contributed by atoms with van der Waals surface area (Å²) >= 11 is 5.12. The van der Waals surface area contributed by atoms with Gasteiger partial charge in [0.15, 0.2) is 0 Å². The van der Waals surface area contributed by atoms with Gasteiger partial charge in [0.05, 0.1) is 6.04 Å². The summed E-state index contributed by atoms with van der Waals surface area (Å²) in [4.78, 5) is 12.8. The highest BCUT2D eigenvalue weighted by Crippen LogP contribution is 2.22. The zero-order valence-electron chi connectivity index (χ0n) is 8.72. The Morgan fingerprint density at radius 3 is 2.69 bits per heavy atom. The largest absolute Gasteiger partial charge is 0.339 e. The number of amides is 1. The average molecular weight is 246 g/mol. The monoisotopic (exact) mass is 245 g/mol. The van der Waals surface area contributed by atoms with Crippen molar-refractivity contribution in [1.82, 2.24) is 14.7 Å². The van der Waals surface area contributed by atoms with E-state index >= 15 is 0 Å². The summed E-state index contributed by atoms with van der Waals surface area (Å²) in [7, 11) is 0. The van der Waals surface area contributed by atoms with Gasteiger partial charge in [-0.05, 0) is 18.9 Å². The highest BCUT2D eigenvalue weighted by molar-refractivity contribution is 6.29. The Balaban J connectivity index is 1.90. The maximum Gasteiger partial charge on any atom is 0.272 e. The molecule has 0 bridgehead atoms. The molecule has 6 heteroatoms. The van der Waals surface area contributed by atoms with E-state index < -0.39 is 11.5 Å². The number of likely N-dealkylation sites (tertiary alicyclic amines) is 1. The number of alkyl halides is 2. The number of hydrogen-bond acceptors (Lipinski definition) is 2. The van der Waals surface area contributed by atoms with Gasteiger partial charge < -0.3 is 4.90 Å². The second kappa shape index (κ2) is 4.82. The normalized spacial score (nSPS) is 19.8. The number of carbonyl (C=O) groups is 1. The number of aromatic nitrogens is 2. The summed E-state index contributed by atoms with van der Waals surface area (Å²) in [6.45, 7) is 1.08. The van der Waals surface area contributed by atoms with Gasteiger partial charge in [0.1, 0.15) is 0 Å². The molecule has 88 valence electrons. The van der Waals surface area contributed by atoms with Gasteiger partial charge in [-0.1, -0.05) is 11.6 Å². The van der Waals surface area contributed by atoms with E-state index in [2.05, 4.69) is 5.10 Å². The van der Waals surface area contributed by atoms with Crippen LogP contribution in [0.4, 0.5) is 4.39 Å². The van der Waals surface area contributed by atoms with E-state index in [1.165, 1.54) is 4.90 Å². The minimum Gasteiger partial charge on any atom is -0.339 e. The fourth-order valence-corrected chi connectivity index (χ4v) is 2.12. The summed E-state index contributed by atoms with van der Waals surface area (Å²) in [6, 6.07) is 2.17. The van der Waals surface area contributed by atoms with Crippen molar-refractivity contribution in [3.63, 3.8) is 0 Å². The van der Waals surface area contributed by atoms with Crippen LogP contribution in [-0.4, -0.2) is 39.3 Å². The first-order valence-corrected chi connectivity index (χ1v) is 5.68. The van der Waals surface area contributed by atoms with Crippen molar-refractivity contribution >= 4 is 17.5 Å². The number of halogens is 2. The molecule has 1 aliphatic heterocycles. The molecule has 2 rings (SSSR count). The second-order valence-electron chi connectivity index (χ2n) is 3.84. The van der Waals surface area contributed by atoms with Crippen LogP contribution in [0.2, 0.25) is 0 Å². The van der Waals surface area contributed by atoms with Gasteiger partial charge in [0.2, 0.25) is 0 Å². The smallest absolute Gasteiger partial charge is 0.272 e. The maximum absolute atomic E-state index is 12.6. The molecular weight excluding hydrogens is 233 g/mol. The SMILES string of the molecule is O=C(C(F)Cl)N1CCC(n2cccn2)CC1. The van der Waals surface area contributed by atoms with Crippen LogP contribution < -0.4 is 0 Å². The number of hydrogen-bond donors (Lipinski definition) is 0. The van der Waals surface area contributed by atoms with Crippen LogP contribution in [-0.2, 0) is 4.79 Å². The van der Waals surface area contributed by atoms with Crippen molar-refractivity contribution < 1.29 is 9.18 Å². The molecule has 0 spiro atoms. The van der Waals surface area contributed by atoms with Gasteiger partial charge in [0.25, 0.3) is 11.5 Å². The third kappa shape index (κ3) is 2.35. The van der Waals surface area contributed by atoms with Crippen molar-refractivity contribution in [1.29, 1.82) is 0 Å². The minimum atomic E-state index is -1.92. The quantitative estimate of drug-likeness (QED) is 0.742. The molecule has 1 aliphatic rings. The van der Waals surface area contributed by atoms with Crippen molar-refractivity contribution in [3.8, 4) is 0 Å². The van der Waals surface area contributed by atoms with Crippen LogP contribution in [0.15, 0.2) is 18.5 Å². The Labute approximate surface area is 98.0 Å². The van der Waals surface area contributed by atoms with E-state index in [9.17, 15) is 9.18 Å². The lowest BCUT2D eigenvalue weighted by atomic mass is 10.1. The first-order valence-electron chi connectivity index (χ1n) is 5.24. The number of rotatable bonds is 2. The van der Waals surface area contributed by atoms with E-state index in [1.54, 1.807) is 6.20 Å². The third-order valence-corrected chi connectivity index (χ3v) is 3.05. The predicted octanol–water partition coefficient (Wildman–Crippen LogP) is 1.58. The molecule has 0 aromatic carbocycles. The van der Waals surface area contributed by atoms with Crippen LogP contribution in [0.3, 0.4) is 0 Å². The molecule has 0 radical (unpaired) electrons. The van der Waals surface area contributed by atoms with Gasteiger partial charge >= 0.3 is 0 Å². The van der Waals surface area contributed by atoms with Crippen LogP contribution in [0.5, 0.6) is 0 Å². The molecule has 0 N–H and O–H groups in total. The van der Waals surface area contributed by atoms with E-state index in [-0.39, 0.29) is 0 Å². The topological polar surface area (TPSA) is 38.1 Å². The minimum absolute atomic E-state index is 0.299. The standard InChI is InChI=1S/C10H13ClFN3O/c11-9(12)10(16)14-6-2-8(3-7-14)15-5-1-4-13-15/h1,4-5,8-9H,2-3,6-7H2.